The molecule has 162 valence electrons. The molecule has 9 N–H and O–H groups in total. The molecule has 27 heteroatoms. The van der Waals surface area contributed by atoms with Gasteiger partial charge in [-0.05, 0) is 0 Å². The van der Waals surface area contributed by atoms with Crippen molar-refractivity contribution in [3.8, 4) is 0 Å². The van der Waals surface area contributed by atoms with E-state index in [1.165, 1.54) is 30.1 Å². The van der Waals surface area contributed by atoms with Crippen LogP contribution in [0.2, 0.25) is 0 Å². The van der Waals surface area contributed by atoms with E-state index in [-0.39, 0.29) is 21.5 Å². The normalized spacial score (nSPS) is 50.4. The molecular weight excluding hydrogens is 529 g/mol. The fourth-order valence-electron chi connectivity index (χ4n) is 1.61. The maximum absolute atomic E-state index is 5.71. The number of nitrogens with zero attached hydrogens (tertiary/aromatic N) is 8. The molecule has 4 unspecified atom stereocenters. The highest BCUT2D eigenvalue weighted by atomic mass is 127. The lowest BCUT2D eigenvalue weighted by Gasteiger charge is -2.38. The lowest BCUT2D eigenvalue weighted by atomic mass is 11.6. The number of halogens is 1. The van der Waals surface area contributed by atoms with Crippen LogP contribution in [0.4, 0.5) is 0 Å². The second-order valence-corrected chi connectivity index (χ2v) is 4.68. The minimum atomic E-state index is -2.15. The van der Waals surface area contributed by atoms with Gasteiger partial charge >= 0.3 is 5.14 Å². The van der Waals surface area contributed by atoms with E-state index in [9.17, 15) is 0 Å². The standard InChI is InChI=1S/CH12IN13O13/c1-7-17-15-26-12(4)20-8(3)21-13(5,27-15)23-11-19-9(16-2)18-10(22-12)24-14(6,25-11)28-15/h7H,3-6H2,1H3/q+4. The topological polar surface area (TPSA) is 249 Å². The molecule has 26 nitrogen and oxygen atoms in total. The quantitative estimate of drug-likeness (QED) is 0.0968. The van der Waals surface area contributed by atoms with E-state index in [4.69, 9.17) is 82.6 Å². The van der Waals surface area contributed by atoms with Gasteiger partial charge in [0, 0.05) is 21.9 Å². The predicted octanol–water partition coefficient (Wildman–Crippen LogP) is -5.33. The Morgan fingerprint density at radius 1 is 0.821 bits per heavy atom. The first kappa shape index (κ1) is 20.9. The van der Waals surface area contributed by atoms with Crippen LogP contribution < -0.4 is 28.9 Å². The van der Waals surface area contributed by atoms with E-state index in [2.05, 4.69) is 8.65 Å². The molecular formula is CH12IN13O13+4. The number of rotatable bonds is 3. The van der Waals surface area contributed by atoms with Gasteiger partial charge in [-0.25, -0.2) is 5.84 Å². The smallest absolute Gasteiger partial charge is 0.209 e. The number of hydroxylamine groups is 1. The molecule has 4 atom stereocenters. The average Bonchev–Trinajstić information content (AvgIpc) is 2.47. The highest BCUT2D eigenvalue weighted by Crippen LogP contribution is 2.35. The summed E-state index contributed by atoms with van der Waals surface area (Å²) in [4.78, 5) is 58.9. The van der Waals surface area contributed by atoms with Gasteiger partial charge in [0.05, 0.1) is 19.8 Å². The van der Waals surface area contributed by atoms with Gasteiger partial charge in [0.15, 0.2) is 0 Å². The van der Waals surface area contributed by atoms with Crippen molar-refractivity contribution in [2.45, 2.75) is 0 Å². The second-order valence-electron chi connectivity index (χ2n) is 4.29. The zero-order valence-corrected chi connectivity index (χ0v) is 15.2. The van der Waals surface area contributed by atoms with Gasteiger partial charge < -0.3 is 0 Å². The van der Waals surface area contributed by atoms with E-state index >= 15 is 0 Å². The molecule has 0 aliphatic carbocycles. The summed E-state index contributed by atoms with van der Waals surface area (Å²) in [5.74, 6) is 22.5. The fourth-order valence-corrected chi connectivity index (χ4v) is 1.75. The molecule has 4 saturated heterocycles. The number of fused-ring (bicyclic) bond motifs is 4. The van der Waals surface area contributed by atoms with Crippen LogP contribution in [0.25, 0.3) is 0 Å². The molecule has 0 spiro atoms. The molecule has 0 aromatic carbocycles. The maximum atomic E-state index is 5.71. The molecule has 4 fully saturated rings. The van der Waals surface area contributed by atoms with Crippen LogP contribution in [0.5, 0.6) is 0 Å². The van der Waals surface area contributed by atoms with Gasteiger partial charge in [0.25, 0.3) is 15.2 Å². The highest BCUT2D eigenvalue weighted by Gasteiger charge is 2.79. The molecule has 0 amide bonds. The van der Waals surface area contributed by atoms with Gasteiger partial charge in [0.2, 0.25) is 25.6 Å². The maximum Gasteiger partial charge on any atom is 0.448 e. The monoisotopic (exact) mass is 541 g/mol. The summed E-state index contributed by atoms with van der Waals surface area (Å²) in [5, 5.41) is -8.46. The number of hydrogen-bond acceptors (Lipinski definition) is 22. The van der Waals surface area contributed by atoms with E-state index in [1.807, 2.05) is 0 Å². The first-order chi connectivity index (χ1) is 13.1. The summed E-state index contributed by atoms with van der Waals surface area (Å²) in [5.41, 5.74) is 2.10. The van der Waals surface area contributed by atoms with Crippen LogP contribution in [0.15, 0.2) is 0 Å². The molecule has 0 aromatic heterocycles. The van der Waals surface area contributed by atoms with E-state index < -0.39 is 20.4 Å². The lowest BCUT2D eigenvalue weighted by molar-refractivity contribution is -1.79. The van der Waals surface area contributed by atoms with E-state index in [0.717, 1.165) is 0 Å². The first-order valence-electron chi connectivity index (χ1n) is 6.27. The molecule has 0 saturated carbocycles. The van der Waals surface area contributed by atoms with Crippen molar-refractivity contribution in [3.63, 3.8) is 0 Å². The van der Waals surface area contributed by atoms with Crippen LogP contribution in [-0.4, -0.2) is 48.9 Å². The van der Waals surface area contributed by atoms with Gasteiger partial charge in [-0.3, -0.25) is 0 Å². The SMILES string of the molecule is CNO[N+]12O[N+]3(N)ON(N)O[N+](N)(ON4ON(OI)ON(O3)O[N+](N)(O4)O1)O2. The molecule has 0 aromatic rings. The number of quaternary nitrogens is 4. The van der Waals surface area contributed by atoms with Crippen LogP contribution in [-0.2, 0) is 62.4 Å². The molecule has 4 rings (SSSR count). The van der Waals surface area contributed by atoms with Crippen molar-refractivity contribution >= 4 is 23.0 Å². The Morgan fingerprint density at radius 3 is 1.64 bits per heavy atom. The lowest BCUT2D eigenvalue weighted by Crippen LogP contribution is -2.82. The molecule has 4 aliphatic heterocycles. The van der Waals surface area contributed by atoms with Crippen molar-refractivity contribution in [3.05, 3.63) is 0 Å². The Balaban J connectivity index is 1.84. The third kappa shape index (κ3) is 4.12. The summed E-state index contributed by atoms with van der Waals surface area (Å²) in [6, 6.07) is 0. The second kappa shape index (κ2) is 7.13. The van der Waals surface area contributed by atoms with Crippen molar-refractivity contribution in [2.24, 2.45) is 23.4 Å². The molecule has 6 bridgehead atoms. The van der Waals surface area contributed by atoms with Crippen molar-refractivity contribution < 1.29 is 82.8 Å². The third-order valence-corrected chi connectivity index (χ3v) is 2.60. The van der Waals surface area contributed by atoms with Gasteiger partial charge in [-0.15, -0.1) is 5.48 Å². The summed E-state index contributed by atoms with van der Waals surface area (Å²) >= 11 is 1.29. The van der Waals surface area contributed by atoms with Gasteiger partial charge in [0.1, 0.15) is 33.7 Å². The van der Waals surface area contributed by atoms with Gasteiger partial charge in [-0.1, -0.05) is 27.4 Å². The highest BCUT2D eigenvalue weighted by molar-refractivity contribution is 14.1. The van der Waals surface area contributed by atoms with E-state index in [0.29, 0.717) is 0 Å². The summed E-state index contributed by atoms with van der Waals surface area (Å²) in [6.07, 6.45) is 0. The summed E-state index contributed by atoms with van der Waals surface area (Å²) in [7, 11) is 1.22. The van der Waals surface area contributed by atoms with Gasteiger partial charge in [-0.2, -0.15) is 3.17 Å². The number of hydrazine groups is 1. The Labute approximate surface area is 164 Å². The predicted molar refractivity (Wildman–Crippen MR) is 62.3 cm³/mol. The third-order valence-electron chi connectivity index (χ3n) is 2.28. The van der Waals surface area contributed by atoms with Crippen molar-refractivity contribution in [1.29, 1.82) is 0 Å². The number of nitrogens with two attached hydrogens (primary N) is 4. The molecule has 28 heavy (non-hydrogen) atoms. The first-order valence-corrected chi connectivity index (χ1v) is 7.15. The minimum Gasteiger partial charge on any atom is -0.209 e. The van der Waals surface area contributed by atoms with Crippen LogP contribution in [0.1, 0.15) is 0 Å². The Hall–Kier alpha value is -0.310. The molecule has 4 heterocycles. The van der Waals surface area contributed by atoms with Crippen LogP contribution in [0, 0.1) is 0 Å². The number of hydrogen-bond donors (Lipinski definition) is 5. The number of nitrogens with one attached hydrogen (secondary N) is 1. The van der Waals surface area contributed by atoms with Crippen molar-refractivity contribution in [1.82, 2.24) is 27.0 Å². The zero-order chi connectivity index (χ0) is 20.2. The Bertz CT molecular complexity index is 557. The fraction of sp³-hybridized carbons (Fsp3) is 1.00. The molecule has 0 radical (unpaired) electrons. The largest absolute Gasteiger partial charge is 0.448 e. The van der Waals surface area contributed by atoms with Crippen LogP contribution >= 0.6 is 23.0 Å². The zero-order valence-electron chi connectivity index (χ0n) is 13.1. The minimum absolute atomic E-state index is 0.0501. The Morgan fingerprint density at radius 2 is 1.25 bits per heavy atom. The van der Waals surface area contributed by atoms with E-state index in [1.54, 1.807) is 0 Å². The van der Waals surface area contributed by atoms with Crippen LogP contribution in [0.3, 0.4) is 0 Å². The summed E-state index contributed by atoms with van der Waals surface area (Å²) in [6.45, 7) is 0. The Kier molecular flexibility index (Phi) is 5.34. The van der Waals surface area contributed by atoms with Crippen molar-refractivity contribution in [2.75, 3.05) is 7.05 Å². The molecule has 4 aliphatic rings. The summed E-state index contributed by atoms with van der Waals surface area (Å²) < 4.78 is 4.61. The average molecular weight is 541 g/mol.